The molecule has 1 aromatic carbocycles. The zero-order valence-corrected chi connectivity index (χ0v) is 29.5. The Morgan fingerprint density at radius 3 is 1.79 bits per heavy atom. The molecule has 0 bridgehead atoms. The third kappa shape index (κ3) is 20.9. The molecule has 9 heteroatoms. The van der Waals surface area contributed by atoms with Crippen molar-refractivity contribution < 1.29 is 19.2 Å². The number of rotatable bonds is 31. The second-order valence-corrected chi connectivity index (χ2v) is 13.1. The van der Waals surface area contributed by atoms with Gasteiger partial charge in [0, 0.05) is 25.3 Å². The van der Waals surface area contributed by atoms with Crippen LogP contribution in [0.2, 0.25) is 0 Å². The van der Waals surface area contributed by atoms with Crippen molar-refractivity contribution in [2.24, 2.45) is 29.0 Å². The lowest BCUT2D eigenvalue weighted by atomic mass is 9.80. The number of nitrogens with one attached hydrogen (secondary N) is 2. The van der Waals surface area contributed by atoms with Gasteiger partial charge in [0.2, 0.25) is 17.7 Å². The normalized spacial score (nSPS) is 13.1. The highest BCUT2D eigenvalue weighted by Crippen LogP contribution is 2.24. The Morgan fingerprint density at radius 2 is 1.23 bits per heavy atom. The van der Waals surface area contributed by atoms with E-state index < -0.39 is 23.8 Å². The molecule has 0 radical (unpaired) electrons. The standard InChI is InChI=1S/C38H67N5O4/c1-2-3-4-5-6-7-8-9-10-11-12-13-17-25-36(45)43-34(23-18-19-27-39)38(47)42-29-26-32(35(44)24-20-28-40)33(37(41)46)30-31-21-15-14-16-22-31/h14-16,21-22,32-34H,2-13,17-20,23-30,39-40H2,1H3,(H2,41,46)(H,42,47)(H,43,45)/t32?,33-,34+/m1/s1. The number of carbonyl (C=O) groups is 4. The summed E-state index contributed by atoms with van der Waals surface area (Å²) in [6, 6.07) is 8.81. The van der Waals surface area contributed by atoms with E-state index in [1.807, 2.05) is 30.3 Å². The number of primary amides is 1. The molecule has 9 nitrogen and oxygen atoms in total. The predicted octanol–water partition coefficient (Wildman–Crippen LogP) is 5.86. The molecule has 1 aromatic rings. The number of unbranched alkanes of at least 4 members (excludes halogenated alkanes) is 13. The van der Waals surface area contributed by atoms with Crippen LogP contribution in [-0.2, 0) is 25.6 Å². The average Bonchev–Trinajstić information content (AvgIpc) is 3.06. The van der Waals surface area contributed by atoms with Crippen LogP contribution in [-0.4, -0.2) is 49.2 Å². The Hall–Kier alpha value is -2.78. The maximum Gasteiger partial charge on any atom is 0.242 e. The van der Waals surface area contributed by atoms with Crippen LogP contribution in [0.5, 0.6) is 0 Å². The van der Waals surface area contributed by atoms with E-state index >= 15 is 0 Å². The van der Waals surface area contributed by atoms with Crippen molar-refractivity contribution in [3.05, 3.63) is 35.9 Å². The molecule has 0 saturated carbocycles. The first kappa shape index (κ1) is 42.2. The third-order valence-corrected chi connectivity index (χ3v) is 9.05. The highest BCUT2D eigenvalue weighted by Gasteiger charge is 2.32. The fourth-order valence-corrected chi connectivity index (χ4v) is 6.16. The largest absolute Gasteiger partial charge is 0.369 e. The van der Waals surface area contributed by atoms with Gasteiger partial charge in [0.15, 0.2) is 0 Å². The third-order valence-electron chi connectivity index (χ3n) is 9.05. The lowest BCUT2D eigenvalue weighted by Gasteiger charge is -2.25. The van der Waals surface area contributed by atoms with Gasteiger partial charge in [-0.15, -0.1) is 0 Å². The molecule has 0 aliphatic carbocycles. The van der Waals surface area contributed by atoms with Gasteiger partial charge in [0.1, 0.15) is 11.8 Å². The van der Waals surface area contributed by atoms with E-state index in [9.17, 15) is 19.2 Å². The van der Waals surface area contributed by atoms with Crippen molar-refractivity contribution in [2.75, 3.05) is 19.6 Å². The zero-order chi connectivity index (χ0) is 34.5. The Kier molecular flexibility index (Phi) is 25.4. The summed E-state index contributed by atoms with van der Waals surface area (Å²) < 4.78 is 0. The molecule has 0 heterocycles. The number of ketones is 1. The van der Waals surface area contributed by atoms with Crippen LogP contribution in [0.4, 0.5) is 0 Å². The monoisotopic (exact) mass is 658 g/mol. The lowest BCUT2D eigenvalue weighted by molar-refractivity contribution is -0.132. The van der Waals surface area contributed by atoms with Crippen LogP contribution in [0.15, 0.2) is 30.3 Å². The summed E-state index contributed by atoms with van der Waals surface area (Å²) in [5, 5.41) is 5.85. The molecule has 0 spiro atoms. The number of hydrogen-bond acceptors (Lipinski definition) is 6. The van der Waals surface area contributed by atoms with Gasteiger partial charge in [0.25, 0.3) is 0 Å². The predicted molar refractivity (Wildman–Crippen MR) is 192 cm³/mol. The first-order valence-electron chi connectivity index (χ1n) is 18.7. The zero-order valence-electron chi connectivity index (χ0n) is 29.5. The van der Waals surface area contributed by atoms with Crippen molar-refractivity contribution in [3.63, 3.8) is 0 Å². The minimum Gasteiger partial charge on any atom is -0.369 e. The van der Waals surface area contributed by atoms with E-state index in [-0.39, 0.29) is 37.0 Å². The van der Waals surface area contributed by atoms with Crippen LogP contribution in [0.25, 0.3) is 0 Å². The summed E-state index contributed by atoms with van der Waals surface area (Å²) in [5.41, 5.74) is 18.0. The molecule has 0 aliphatic heterocycles. The summed E-state index contributed by atoms with van der Waals surface area (Å²) in [5.74, 6) is -2.35. The molecular formula is C38H67N5O4. The Bertz CT molecular complexity index is 974. The van der Waals surface area contributed by atoms with E-state index in [2.05, 4.69) is 17.6 Å². The number of benzene rings is 1. The van der Waals surface area contributed by atoms with Gasteiger partial charge >= 0.3 is 0 Å². The van der Waals surface area contributed by atoms with Crippen molar-refractivity contribution in [3.8, 4) is 0 Å². The number of amides is 3. The SMILES string of the molecule is CCCCCCCCCCCCCCCC(=O)N[C@@H](CCCCN)C(=O)NCCC(C(=O)CCCN)[C@@H](Cc1ccccc1)C(N)=O. The summed E-state index contributed by atoms with van der Waals surface area (Å²) in [4.78, 5) is 51.7. The van der Waals surface area contributed by atoms with Crippen molar-refractivity contribution in [1.82, 2.24) is 10.6 Å². The highest BCUT2D eigenvalue weighted by molar-refractivity contribution is 5.89. The van der Waals surface area contributed by atoms with Crippen molar-refractivity contribution >= 4 is 23.5 Å². The van der Waals surface area contributed by atoms with Gasteiger partial charge in [-0.3, -0.25) is 19.2 Å². The number of carbonyl (C=O) groups excluding carboxylic acids is 4. The summed E-state index contributed by atoms with van der Waals surface area (Å²) >= 11 is 0. The minimum absolute atomic E-state index is 0.0740. The summed E-state index contributed by atoms with van der Waals surface area (Å²) in [6.45, 7) is 3.34. The number of nitrogens with two attached hydrogens (primary N) is 3. The van der Waals surface area contributed by atoms with Crippen molar-refractivity contribution in [1.29, 1.82) is 0 Å². The molecule has 47 heavy (non-hydrogen) atoms. The van der Waals surface area contributed by atoms with E-state index in [0.29, 0.717) is 45.2 Å². The fourth-order valence-electron chi connectivity index (χ4n) is 6.16. The smallest absolute Gasteiger partial charge is 0.242 e. The highest BCUT2D eigenvalue weighted by atomic mass is 16.2. The van der Waals surface area contributed by atoms with Gasteiger partial charge in [-0.05, 0) is 63.6 Å². The number of Topliss-reactive ketones (excluding diaryl/α,β-unsaturated/α-hetero) is 1. The Morgan fingerprint density at radius 1 is 0.660 bits per heavy atom. The van der Waals surface area contributed by atoms with Crippen LogP contribution < -0.4 is 27.8 Å². The number of hydrogen-bond donors (Lipinski definition) is 5. The van der Waals surface area contributed by atoms with Gasteiger partial charge < -0.3 is 27.8 Å². The topological polar surface area (TPSA) is 170 Å². The van der Waals surface area contributed by atoms with E-state index in [0.717, 1.165) is 31.2 Å². The Balaban J connectivity index is 2.56. The maximum absolute atomic E-state index is 13.2. The second kappa shape index (κ2) is 28.3. The quantitative estimate of drug-likeness (QED) is 0.0627. The van der Waals surface area contributed by atoms with E-state index in [1.54, 1.807) is 0 Å². The molecule has 0 aromatic heterocycles. The molecule has 0 fully saturated rings. The molecule has 3 amide bonds. The molecule has 0 aliphatic rings. The van der Waals surface area contributed by atoms with Gasteiger partial charge in [-0.25, -0.2) is 0 Å². The van der Waals surface area contributed by atoms with Gasteiger partial charge in [-0.1, -0.05) is 114 Å². The molecule has 0 saturated heterocycles. The average molecular weight is 658 g/mol. The first-order valence-corrected chi connectivity index (χ1v) is 18.7. The van der Waals surface area contributed by atoms with Gasteiger partial charge in [-0.2, -0.15) is 0 Å². The Labute approximate surface area is 285 Å². The van der Waals surface area contributed by atoms with Crippen LogP contribution in [0, 0.1) is 11.8 Å². The molecule has 1 unspecified atom stereocenters. The van der Waals surface area contributed by atoms with E-state index in [4.69, 9.17) is 17.2 Å². The van der Waals surface area contributed by atoms with Crippen LogP contribution in [0.3, 0.4) is 0 Å². The summed E-state index contributed by atoms with van der Waals surface area (Å²) in [6.07, 6.45) is 19.9. The van der Waals surface area contributed by atoms with E-state index in [1.165, 1.54) is 64.2 Å². The lowest BCUT2D eigenvalue weighted by Crippen LogP contribution is -2.47. The summed E-state index contributed by atoms with van der Waals surface area (Å²) in [7, 11) is 0. The van der Waals surface area contributed by atoms with Gasteiger partial charge in [0.05, 0.1) is 5.92 Å². The minimum atomic E-state index is -0.694. The maximum atomic E-state index is 13.2. The molecule has 3 atom stereocenters. The fraction of sp³-hybridized carbons (Fsp3) is 0.737. The first-order chi connectivity index (χ1) is 22.8. The molecule has 1 rings (SSSR count). The van der Waals surface area contributed by atoms with Crippen molar-refractivity contribution in [2.45, 2.75) is 148 Å². The van der Waals surface area contributed by atoms with Crippen LogP contribution >= 0.6 is 0 Å². The molecule has 8 N–H and O–H groups in total. The van der Waals surface area contributed by atoms with Crippen LogP contribution in [0.1, 0.15) is 141 Å². The molecular weight excluding hydrogens is 590 g/mol. The molecule has 268 valence electrons. The second-order valence-electron chi connectivity index (χ2n) is 13.1.